The second-order valence-electron chi connectivity index (χ2n) is 5.15. The van der Waals surface area contributed by atoms with Crippen LogP contribution in [0.25, 0.3) is 16.9 Å². The number of hydrogen-bond donors (Lipinski definition) is 1. The maximum atomic E-state index is 13.2. The van der Waals surface area contributed by atoms with Crippen molar-refractivity contribution >= 4 is 11.6 Å². The minimum absolute atomic E-state index is 0.0794. The Bertz CT molecular complexity index is 903. The number of carboxylic acid groups (broad SMARTS) is 1. The van der Waals surface area contributed by atoms with Crippen LogP contribution < -0.4 is 0 Å². The van der Waals surface area contributed by atoms with Gasteiger partial charge < -0.3 is 9.51 Å². The number of nitrogens with zero attached hydrogens (tertiary/aromatic N) is 3. The monoisotopic (exact) mass is 335 g/mol. The lowest BCUT2D eigenvalue weighted by Crippen LogP contribution is -2.09. The molecular formula is C16H12F3N3O2. The Labute approximate surface area is 134 Å². The number of carboxylic acids is 1. The third-order valence-corrected chi connectivity index (χ3v) is 3.60. The number of aromatic nitrogens is 3. The summed E-state index contributed by atoms with van der Waals surface area (Å²) < 4.78 is 41.2. The summed E-state index contributed by atoms with van der Waals surface area (Å²) in [6.45, 7) is 0. The molecule has 0 atom stereocenters. The molecule has 0 saturated heterocycles. The van der Waals surface area contributed by atoms with Gasteiger partial charge in [-0.15, -0.1) is 0 Å². The first-order valence-corrected chi connectivity index (χ1v) is 7.07. The Morgan fingerprint density at radius 1 is 1.17 bits per heavy atom. The van der Waals surface area contributed by atoms with Crippen molar-refractivity contribution in [2.24, 2.45) is 0 Å². The molecular weight excluding hydrogens is 323 g/mol. The van der Waals surface area contributed by atoms with E-state index >= 15 is 0 Å². The normalized spacial score (nSPS) is 11.8. The van der Waals surface area contributed by atoms with Crippen molar-refractivity contribution in [2.75, 3.05) is 0 Å². The average molecular weight is 335 g/mol. The molecule has 0 saturated carbocycles. The number of rotatable bonds is 4. The lowest BCUT2D eigenvalue weighted by Gasteiger charge is -2.13. The summed E-state index contributed by atoms with van der Waals surface area (Å²) in [7, 11) is 0. The van der Waals surface area contributed by atoms with E-state index in [1.807, 2.05) is 0 Å². The fourth-order valence-corrected chi connectivity index (χ4v) is 2.54. The van der Waals surface area contributed by atoms with Crippen molar-refractivity contribution < 1.29 is 23.1 Å². The molecule has 0 aromatic carbocycles. The van der Waals surface area contributed by atoms with E-state index in [1.54, 1.807) is 16.7 Å². The van der Waals surface area contributed by atoms with E-state index in [0.29, 0.717) is 11.3 Å². The van der Waals surface area contributed by atoms with Crippen LogP contribution in [0, 0.1) is 0 Å². The van der Waals surface area contributed by atoms with Gasteiger partial charge in [0.2, 0.25) is 0 Å². The second kappa shape index (κ2) is 5.95. The number of imidazole rings is 1. The van der Waals surface area contributed by atoms with Gasteiger partial charge in [0.25, 0.3) is 0 Å². The topological polar surface area (TPSA) is 67.5 Å². The number of aryl methyl sites for hydroxylation is 1. The zero-order chi connectivity index (χ0) is 17.3. The molecule has 0 spiro atoms. The van der Waals surface area contributed by atoms with Gasteiger partial charge in [-0.2, -0.15) is 13.2 Å². The minimum atomic E-state index is -4.53. The highest BCUT2D eigenvalue weighted by Crippen LogP contribution is 2.36. The number of hydrogen-bond acceptors (Lipinski definition) is 3. The van der Waals surface area contributed by atoms with Crippen LogP contribution in [0.3, 0.4) is 0 Å². The third kappa shape index (κ3) is 2.94. The molecule has 0 unspecified atom stereocenters. The van der Waals surface area contributed by atoms with E-state index in [2.05, 4.69) is 9.97 Å². The van der Waals surface area contributed by atoms with Crippen molar-refractivity contribution in [3.8, 4) is 11.3 Å². The van der Waals surface area contributed by atoms with Gasteiger partial charge in [-0.3, -0.25) is 9.78 Å². The number of halogens is 3. The molecule has 24 heavy (non-hydrogen) atoms. The highest BCUT2D eigenvalue weighted by molar-refractivity contribution is 5.78. The minimum Gasteiger partial charge on any atom is -0.481 e. The molecule has 0 aliphatic rings. The van der Waals surface area contributed by atoms with E-state index in [-0.39, 0.29) is 24.1 Å². The summed E-state index contributed by atoms with van der Waals surface area (Å²) in [5.41, 5.74) is 0.159. The Kier molecular flexibility index (Phi) is 3.96. The first kappa shape index (κ1) is 16.0. The van der Waals surface area contributed by atoms with E-state index in [4.69, 9.17) is 5.11 Å². The van der Waals surface area contributed by atoms with Crippen LogP contribution >= 0.6 is 0 Å². The Morgan fingerprint density at radius 2 is 1.96 bits per heavy atom. The average Bonchev–Trinajstić information content (AvgIpc) is 3.01. The molecule has 0 amide bonds. The largest absolute Gasteiger partial charge is 0.481 e. The molecule has 0 aliphatic carbocycles. The number of carbonyl (C=O) groups is 1. The lowest BCUT2D eigenvalue weighted by atomic mass is 10.1. The zero-order valence-electron chi connectivity index (χ0n) is 12.3. The molecule has 5 nitrogen and oxygen atoms in total. The molecule has 3 rings (SSSR count). The fourth-order valence-electron chi connectivity index (χ4n) is 2.54. The van der Waals surface area contributed by atoms with Crippen molar-refractivity contribution in [1.29, 1.82) is 0 Å². The summed E-state index contributed by atoms with van der Waals surface area (Å²) in [4.78, 5) is 18.7. The summed E-state index contributed by atoms with van der Waals surface area (Å²) in [5, 5.41) is 8.80. The van der Waals surface area contributed by atoms with Gasteiger partial charge in [-0.05, 0) is 30.7 Å². The molecule has 3 aromatic rings. The summed E-state index contributed by atoms with van der Waals surface area (Å²) in [6, 6.07) is 5.30. The first-order chi connectivity index (χ1) is 11.4. The third-order valence-electron chi connectivity index (χ3n) is 3.60. The molecule has 1 N–H and O–H groups in total. The van der Waals surface area contributed by atoms with Crippen LogP contribution in [0.4, 0.5) is 13.2 Å². The van der Waals surface area contributed by atoms with Gasteiger partial charge in [0, 0.05) is 29.8 Å². The number of pyridine rings is 2. The predicted molar refractivity (Wildman–Crippen MR) is 79.4 cm³/mol. The summed E-state index contributed by atoms with van der Waals surface area (Å²) >= 11 is 0. The van der Waals surface area contributed by atoms with Crippen LogP contribution in [-0.4, -0.2) is 25.4 Å². The molecule has 0 aliphatic heterocycles. The molecule has 3 heterocycles. The standard InChI is InChI=1S/C16H12F3N3O2/c17-16(18,19)12-2-1-7-20-14(12)11-5-3-10(4-6-13(23)24)22-9-8-21-15(11)22/h1-3,5,7-9H,4,6H2,(H,23,24). The highest BCUT2D eigenvalue weighted by atomic mass is 19.4. The van der Waals surface area contributed by atoms with E-state index in [0.717, 1.165) is 6.07 Å². The van der Waals surface area contributed by atoms with Gasteiger partial charge in [0.05, 0.1) is 17.7 Å². The SMILES string of the molecule is O=C(O)CCc1ccc(-c2ncccc2C(F)(F)F)c2nccn12. The predicted octanol–water partition coefficient (Wildman–Crippen LogP) is 3.43. The molecule has 124 valence electrons. The van der Waals surface area contributed by atoms with Gasteiger partial charge in [-0.1, -0.05) is 0 Å². The zero-order valence-corrected chi connectivity index (χ0v) is 12.3. The highest BCUT2D eigenvalue weighted by Gasteiger charge is 2.34. The maximum absolute atomic E-state index is 13.2. The fraction of sp³-hybridized carbons (Fsp3) is 0.188. The first-order valence-electron chi connectivity index (χ1n) is 7.07. The second-order valence-corrected chi connectivity index (χ2v) is 5.15. The molecule has 3 aromatic heterocycles. The van der Waals surface area contributed by atoms with Crippen molar-refractivity contribution in [3.63, 3.8) is 0 Å². The molecule has 0 bridgehead atoms. The van der Waals surface area contributed by atoms with Crippen LogP contribution in [0.1, 0.15) is 17.7 Å². The molecule has 0 fully saturated rings. The quantitative estimate of drug-likeness (QED) is 0.793. The molecule has 0 radical (unpaired) electrons. The van der Waals surface area contributed by atoms with E-state index in [9.17, 15) is 18.0 Å². The summed E-state index contributed by atoms with van der Waals surface area (Å²) in [6.07, 6.45) is -0.0239. The van der Waals surface area contributed by atoms with Crippen molar-refractivity contribution in [2.45, 2.75) is 19.0 Å². The number of aliphatic carboxylic acids is 1. The number of fused-ring (bicyclic) bond motifs is 1. The van der Waals surface area contributed by atoms with E-state index < -0.39 is 17.7 Å². The Hall–Kier alpha value is -2.90. The van der Waals surface area contributed by atoms with Gasteiger partial charge >= 0.3 is 12.1 Å². The Balaban J connectivity index is 2.15. The van der Waals surface area contributed by atoms with Crippen molar-refractivity contribution in [3.05, 3.63) is 54.1 Å². The lowest BCUT2D eigenvalue weighted by molar-refractivity contribution is -0.138. The van der Waals surface area contributed by atoms with Gasteiger partial charge in [0.1, 0.15) is 5.65 Å². The maximum Gasteiger partial charge on any atom is 0.418 e. The van der Waals surface area contributed by atoms with Crippen LogP contribution in [0.2, 0.25) is 0 Å². The van der Waals surface area contributed by atoms with Gasteiger partial charge in [-0.25, -0.2) is 4.98 Å². The smallest absolute Gasteiger partial charge is 0.418 e. The van der Waals surface area contributed by atoms with Gasteiger partial charge in [0.15, 0.2) is 0 Å². The van der Waals surface area contributed by atoms with Crippen LogP contribution in [0.5, 0.6) is 0 Å². The number of alkyl halides is 3. The summed E-state index contributed by atoms with van der Waals surface area (Å²) in [5.74, 6) is -0.948. The Morgan fingerprint density at radius 3 is 2.67 bits per heavy atom. The van der Waals surface area contributed by atoms with Crippen LogP contribution in [0.15, 0.2) is 42.9 Å². The van der Waals surface area contributed by atoms with Crippen molar-refractivity contribution in [1.82, 2.24) is 14.4 Å². The van der Waals surface area contributed by atoms with Crippen LogP contribution in [-0.2, 0) is 17.4 Å². The molecule has 8 heteroatoms. The van der Waals surface area contributed by atoms with E-state index in [1.165, 1.54) is 24.5 Å².